The molecule has 11 heteroatoms. The molecule has 0 fully saturated rings. The molecule has 1 heterocycles. The maximum absolute atomic E-state index is 14.4. The van der Waals surface area contributed by atoms with E-state index in [0.29, 0.717) is 21.4 Å². The third-order valence-corrected chi connectivity index (χ3v) is 7.03. The van der Waals surface area contributed by atoms with E-state index in [1.807, 2.05) is 0 Å². The molecule has 0 aliphatic heterocycles. The van der Waals surface area contributed by atoms with Crippen LogP contribution in [0.15, 0.2) is 68.7 Å². The monoisotopic (exact) mass is 491 g/mol. The minimum Gasteiger partial charge on any atom is -0.495 e. The number of methoxy groups -OCH3 is 1. The van der Waals surface area contributed by atoms with Crippen LogP contribution in [0.1, 0.15) is 30.3 Å². The molecule has 2 atom stereocenters. The summed E-state index contributed by atoms with van der Waals surface area (Å²) >= 11 is 5.96. The number of aromatic nitrogens is 2. The number of halogens is 2. The highest BCUT2D eigenvalue weighted by Crippen LogP contribution is 2.36. The van der Waals surface area contributed by atoms with Gasteiger partial charge in [0.15, 0.2) is 0 Å². The molecule has 0 amide bonds. The Kier molecular flexibility index (Phi) is 6.24. The summed E-state index contributed by atoms with van der Waals surface area (Å²) in [7, 11) is -2.87. The summed E-state index contributed by atoms with van der Waals surface area (Å²) in [6.07, 6.45) is 0. The molecule has 33 heavy (non-hydrogen) atoms. The summed E-state index contributed by atoms with van der Waals surface area (Å²) in [5.41, 5.74) is 0.633. The first-order chi connectivity index (χ1) is 15.7. The number of nitrogens with zero attached hydrogens (tertiary/aromatic N) is 1. The van der Waals surface area contributed by atoms with Gasteiger partial charge in [-0.25, -0.2) is 22.7 Å². The number of fused-ring (bicyclic) bond motifs is 1. The topological polar surface area (TPSA) is 114 Å². The van der Waals surface area contributed by atoms with Crippen LogP contribution in [0.2, 0.25) is 5.02 Å². The molecule has 172 valence electrons. The number of nitrogens with one attached hydrogen (secondary N) is 2. The number of hydrogen-bond acceptors (Lipinski definition) is 6. The quantitative estimate of drug-likeness (QED) is 0.401. The fraction of sp³-hybridized carbons (Fsp3) is 0.182. The maximum Gasteiger partial charge on any atom is 0.434 e. The minimum atomic E-state index is -4.20. The van der Waals surface area contributed by atoms with Gasteiger partial charge >= 0.3 is 5.76 Å². The predicted molar refractivity (Wildman–Crippen MR) is 121 cm³/mol. The summed E-state index contributed by atoms with van der Waals surface area (Å²) in [5, 5.41) is 7.26. The van der Waals surface area contributed by atoms with E-state index in [2.05, 4.69) is 14.9 Å². The Labute approximate surface area is 193 Å². The van der Waals surface area contributed by atoms with E-state index in [4.69, 9.17) is 20.8 Å². The average Bonchev–Trinajstić information content (AvgIpc) is 3.22. The van der Waals surface area contributed by atoms with Crippen LogP contribution in [0.5, 0.6) is 5.75 Å². The zero-order valence-corrected chi connectivity index (χ0v) is 19.1. The highest BCUT2D eigenvalue weighted by Gasteiger charge is 2.33. The minimum absolute atomic E-state index is 0.0390. The lowest BCUT2D eigenvalue weighted by Crippen LogP contribution is -2.32. The molecule has 0 aliphatic rings. The van der Waals surface area contributed by atoms with Crippen molar-refractivity contribution in [3.05, 3.63) is 87.4 Å². The van der Waals surface area contributed by atoms with Crippen LogP contribution in [0.3, 0.4) is 0 Å². The van der Waals surface area contributed by atoms with Gasteiger partial charge in [-0.15, -0.1) is 5.10 Å². The van der Waals surface area contributed by atoms with Gasteiger partial charge in [0.2, 0.25) is 15.9 Å². The first-order valence-corrected chi connectivity index (χ1v) is 11.7. The number of sulfonamides is 1. The lowest BCUT2D eigenvalue weighted by atomic mass is 9.89. The van der Waals surface area contributed by atoms with Crippen molar-refractivity contribution >= 4 is 32.4 Å². The number of H-pyrrole nitrogens is 1. The molecule has 1 aromatic heterocycles. The second-order valence-corrected chi connectivity index (χ2v) is 9.44. The Bertz CT molecular complexity index is 1480. The zero-order valence-electron chi connectivity index (χ0n) is 17.5. The molecular weight excluding hydrogens is 473 g/mol. The highest BCUT2D eigenvalue weighted by molar-refractivity contribution is 7.89. The summed E-state index contributed by atoms with van der Waals surface area (Å²) in [6, 6.07) is 12.7. The van der Waals surface area contributed by atoms with E-state index in [1.165, 1.54) is 31.4 Å². The van der Waals surface area contributed by atoms with Gasteiger partial charge in [0.1, 0.15) is 22.5 Å². The average molecular weight is 492 g/mol. The van der Waals surface area contributed by atoms with Crippen molar-refractivity contribution in [1.29, 1.82) is 0 Å². The molecule has 4 rings (SSSR count). The Morgan fingerprint density at radius 2 is 1.88 bits per heavy atom. The molecule has 2 N–H and O–H groups in total. The van der Waals surface area contributed by atoms with Crippen LogP contribution in [-0.2, 0) is 10.0 Å². The van der Waals surface area contributed by atoms with Gasteiger partial charge < -0.3 is 9.15 Å². The third kappa shape index (κ3) is 4.50. The van der Waals surface area contributed by atoms with Gasteiger partial charge in [0.25, 0.3) is 0 Å². The SMILES string of the molecule is COc1cc(Cl)ccc1S(=O)(=O)NC(c1n[nH]c(=O)o1)C(C)c1cccc2c(F)cccc12. The third-order valence-electron chi connectivity index (χ3n) is 5.31. The fourth-order valence-electron chi connectivity index (χ4n) is 3.71. The molecule has 0 radical (unpaired) electrons. The van der Waals surface area contributed by atoms with Crippen molar-refractivity contribution in [2.75, 3.05) is 7.11 Å². The van der Waals surface area contributed by atoms with Crippen LogP contribution < -0.4 is 15.2 Å². The van der Waals surface area contributed by atoms with Gasteiger partial charge in [-0.2, -0.15) is 4.72 Å². The molecule has 2 unspecified atom stereocenters. The summed E-state index contributed by atoms with van der Waals surface area (Å²) in [6.45, 7) is 1.72. The normalized spacial score (nSPS) is 13.7. The Morgan fingerprint density at radius 3 is 2.58 bits per heavy atom. The van der Waals surface area contributed by atoms with Crippen LogP contribution in [0, 0.1) is 5.82 Å². The largest absolute Gasteiger partial charge is 0.495 e. The fourth-order valence-corrected chi connectivity index (χ4v) is 5.29. The highest BCUT2D eigenvalue weighted by atomic mass is 35.5. The van der Waals surface area contributed by atoms with Crippen molar-refractivity contribution in [2.24, 2.45) is 0 Å². The van der Waals surface area contributed by atoms with E-state index < -0.39 is 33.6 Å². The standard InChI is InChI=1S/C22H19ClFN3O5S/c1-12(14-5-3-7-16-15(14)6-4-8-17(16)24)20(21-25-26-22(28)32-21)27-33(29,30)19-10-9-13(23)11-18(19)31-2/h3-12,20,27H,1-2H3,(H,26,28). The van der Waals surface area contributed by atoms with E-state index in [-0.39, 0.29) is 16.5 Å². The van der Waals surface area contributed by atoms with Gasteiger partial charge in [-0.1, -0.05) is 48.9 Å². The Balaban J connectivity index is 1.82. The van der Waals surface area contributed by atoms with Gasteiger partial charge in [0, 0.05) is 22.4 Å². The summed E-state index contributed by atoms with van der Waals surface area (Å²) in [5.74, 6) is -1.99. The Morgan fingerprint density at radius 1 is 1.15 bits per heavy atom. The second-order valence-electron chi connectivity index (χ2n) is 7.32. The summed E-state index contributed by atoms with van der Waals surface area (Å²) < 4.78 is 53.8. The van der Waals surface area contributed by atoms with Crippen molar-refractivity contribution in [3.63, 3.8) is 0 Å². The van der Waals surface area contributed by atoms with Crippen LogP contribution in [0.4, 0.5) is 4.39 Å². The molecule has 3 aromatic carbocycles. The number of ether oxygens (including phenoxy) is 1. The number of aromatic amines is 1. The van der Waals surface area contributed by atoms with Crippen molar-refractivity contribution < 1.29 is 22.0 Å². The lowest BCUT2D eigenvalue weighted by molar-refractivity contribution is 0.380. The molecular formula is C22H19ClFN3O5S. The Hall–Kier alpha value is -3.21. The molecule has 0 bridgehead atoms. The van der Waals surface area contributed by atoms with Gasteiger partial charge in [-0.3, -0.25) is 0 Å². The zero-order chi connectivity index (χ0) is 23.8. The number of rotatable bonds is 7. The van der Waals surface area contributed by atoms with E-state index in [9.17, 15) is 17.6 Å². The van der Waals surface area contributed by atoms with E-state index >= 15 is 0 Å². The predicted octanol–water partition coefficient (Wildman–Crippen LogP) is 4.14. The molecule has 0 saturated heterocycles. The van der Waals surface area contributed by atoms with Gasteiger partial charge in [-0.05, 0) is 29.1 Å². The first kappa shape index (κ1) is 23.0. The van der Waals surface area contributed by atoms with E-state index in [1.54, 1.807) is 37.3 Å². The number of hydrogen-bond donors (Lipinski definition) is 2. The second kappa shape index (κ2) is 8.97. The van der Waals surface area contributed by atoms with Gasteiger partial charge in [0.05, 0.1) is 7.11 Å². The van der Waals surface area contributed by atoms with Crippen LogP contribution in [0.25, 0.3) is 10.8 Å². The molecule has 8 nitrogen and oxygen atoms in total. The lowest BCUT2D eigenvalue weighted by Gasteiger charge is -2.24. The van der Waals surface area contributed by atoms with E-state index in [0.717, 1.165) is 0 Å². The molecule has 0 saturated carbocycles. The first-order valence-electron chi connectivity index (χ1n) is 9.79. The van der Waals surface area contributed by atoms with Crippen LogP contribution in [-0.4, -0.2) is 25.7 Å². The summed E-state index contributed by atoms with van der Waals surface area (Å²) in [4.78, 5) is 11.5. The van der Waals surface area contributed by atoms with Crippen molar-refractivity contribution in [2.45, 2.75) is 23.8 Å². The molecule has 0 spiro atoms. The van der Waals surface area contributed by atoms with Crippen LogP contribution >= 0.6 is 11.6 Å². The smallest absolute Gasteiger partial charge is 0.434 e. The maximum atomic E-state index is 14.4. The van der Waals surface area contributed by atoms with Crippen molar-refractivity contribution in [3.8, 4) is 5.75 Å². The van der Waals surface area contributed by atoms with Crippen molar-refractivity contribution in [1.82, 2.24) is 14.9 Å². The molecule has 4 aromatic rings. The molecule has 0 aliphatic carbocycles. The number of benzene rings is 3.